The van der Waals surface area contributed by atoms with E-state index in [1.165, 1.54) is 0 Å². The first-order valence-electron chi connectivity index (χ1n) is 3.63. The molecule has 1 N–H and O–H groups in total. The summed E-state index contributed by atoms with van der Waals surface area (Å²) in [6.45, 7) is 3.82. The zero-order chi connectivity index (χ0) is 8.72. The normalized spacial score (nSPS) is 10.8. The highest BCUT2D eigenvalue weighted by Gasteiger charge is 2.06. The van der Waals surface area contributed by atoms with E-state index in [4.69, 9.17) is 4.42 Å². The first-order chi connectivity index (χ1) is 5.68. The van der Waals surface area contributed by atoms with Gasteiger partial charge in [0.05, 0.1) is 0 Å². The fourth-order valence-electron chi connectivity index (χ4n) is 1.10. The number of pyridine rings is 1. The van der Waals surface area contributed by atoms with Crippen molar-refractivity contribution >= 4 is 11.2 Å². The molecule has 0 atom stereocenters. The average Bonchev–Trinajstić information content (AvgIpc) is 2.39. The maximum Gasteiger partial charge on any atom is 0.418 e. The minimum Gasteiger partial charge on any atom is -0.406 e. The number of hydrogen-bond acceptors (Lipinski definition) is 3. The van der Waals surface area contributed by atoms with Gasteiger partial charge in [0.25, 0.3) is 0 Å². The standard InChI is InChI=1S/C8H8N2O2/c1-4-3-9-7-6(5(4)2)12-8(11)10-7/h3H,1-2H3,(H,9,10,11). The Morgan fingerprint density at radius 3 is 3.00 bits per heavy atom. The Kier molecular flexibility index (Phi) is 1.30. The molecule has 2 heterocycles. The molecule has 2 aromatic rings. The third-order valence-electron chi connectivity index (χ3n) is 1.95. The molecule has 4 heteroatoms. The Labute approximate surface area is 68.2 Å². The van der Waals surface area contributed by atoms with Crippen molar-refractivity contribution in [1.29, 1.82) is 0 Å². The van der Waals surface area contributed by atoms with Crippen LogP contribution in [0.4, 0.5) is 0 Å². The van der Waals surface area contributed by atoms with Gasteiger partial charge in [0.1, 0.15) is 0 Å². The molecule has 0 aliphatic carbocycles. The summed E-state index contributed by atoms with van der Waals surface area (Å²) in [6.07, 6.45) is 1.71. The molecule has 4 nitrogen and oxygen atoms in total. The summed E-state index contributed by atoms with van der Waals surface area (Å²) in [6, 6.07) is 0. The van der Waals surface area contributed by atoms with Crippen molar-refractivity contribution in [1.82, 2.24) is 9.97 Å². The number of H-pyrrole nitrogens is 1. The lowest BCUT2D eigenvalue weighted by molar-refractivity contribution is 0.553. The van der Waals surface area contributed by atoms with Crippen molar-refractivity contribution in [2.24, 2.45) is 0 Å². The van der Waals surface area contributed by atoms with Gasteiger partial charge in [0.15, 0.2) is 11.2 Å². The summed E-state index contributed by atoms with van der Waals surface area (Å²) >= 11 is 0. The van der Waals surface area contributed by atoms with E-state index in [1.54, 1.807) is 6.20 Å². The molecular formula is C8H8N2O2. The van der Waals surface area contributed by atoms with E-state index < -0.39 is 5.76 Å². The molecule has 0 bridgehead atoms. The van der Waals surface area contributed by atoms with E-state index in [-0.39, 0.29) is 0 Å². The summed E-state index contributed by atoms with van der Waals surface area (Å²) < 4.78 is 4.91. The number of hydrogen-bond donors (Lipinski definition) is 1. The molecule has 0 saturated heterocycles. The molecule has 0 amide bonds. The minimum absolute atomic E-state index is 0.453. The molecule has 12 heavy (non-hydrogen) atoms. The lowest BCUT2D eigenvalue weighted by Gasteiger charge is -1.96. The SMILES string of the molecule is Cc1cnc2[nH]c(=O)oc2c1C. The minimum atomic E-state index is -0.453. The van der Waals surface area contributed by atoms with Gasteiger partial charge < -0.3 is 4.42 Å². The van der Waals surface area contributed by atoms with Gasteiger partial charge in [-0.15, -0.1) is 0 Å². The van der Waals surface area contributed by atoms with Gasteiger partial charge in [-0.1, -0.05) is 0 Å². The van der Waals surface area contributed by atoms with Gasteiger partial charge in [-0.3, -0.25) is 4.98 Å². The summed E-state index contributed by atoms with van der Waals surface area (Å²) in [7, 11) is 0. The maximum atomic E-state index is 10.8. The van der Waals surface area contributed by atoms with Crippen molar-refractivity contribution in [2.45, 2.75) is 13.8 Å². The predicted molar refractivity (Wildman–Crippen MR) is 44.1 cm³/mol. The summed E-state index contributed by atoms with van der Waals surface area (Å²) in [5, 5.41) is 0. The third kappa shape index (κ3) is 0.845. The molecule has 2 aromatic heterocycles. The molecule has 0 radical (unpaired) electrons. The number of aromatic nitrogens is 2. The largest absolute Gasteiger partial charge is 0.418 e. The van der Waals surface area contributed by atoms with Crippen molar-refractivity contribution in [3.8, 4) is 0 Å². The highest BCUT2D eigenvalue weighted by molar-refractivity contribution is 5.72. The third-order valence-corrected chi connectivity index (χ3v) is 1.95. The van der Waals surface area contributed by atoms with Crippen molar-refractivity contribution in [3.63, 3.8) is 0 Å². The summed E-state index contributed by atoms with van der Waals surface area (Å²) in [5.74, 6) is -0.453. The molecular weight excluding hydrogens is 156 g/mol. The molecule has 0 spiro atoms. The van der Waals surface area contributed by atoms with E-state index in [0.717, 1.165) is 11.1 Å². The van der Waals surface area contributed by atoms with Crippen LogP contribution in [0.3, 0.4) is 0 Å². The number of aryl methyl sites for hydroxylation is 2. The summed E-state index contributed by atoms with van der Waals surface area (Å²) in [4.78, 5) is 17.3. The zero-order valence-corrected chi connectivity index (χ0v) is 6.84. The smallest absolute Gasteiger partial charge is 0.406 e. The lowest BCUT2D eigenvalue weighted by Crippen LogP contribution is -1.93. The van der Waals surface area contributed by atoms with Gasteiger partial charge in [-0.05, 0) is 19.4 Å². The van der Waals surface area contributed by atoms with Crippen LogP contribution in [0.2, 0.25) is 0 Å². The molecule has 2 rings (SSSR count). The number of nitrogens with zero attached hydrogens (tertiary/aromatic N) is 1. The van der Waals surface area contributed by atoms with Crippen LogP contribution in [0.25, 0.3) is 11.2 Å². The van der Waals surface area contributed by atoms with Crippen LogP contribution in [0.15, 0.2) is 15.4 Å². The molecule has 0 saturated carbocycles. The monoisotopic (exact) mass is 164 g/mol. The molecule has 0 fully saturated rings. The average molecular weight is 164 g/mol. The number of oxazole rings is 1. The second-order valence-corrected chi connectivity index (χ2v) is 2.76. The van der Waals surface area contributed by atoms with E-state index in [9.17, 15) is 4.79 Å². The second-order valence-electron chi connectivity index (χ2n) is 2.76. The van der Waals surface area contributed by atoms with Gasteiger partial charge in [-0.25, -0.2) is 9.78 Å². The zero-order valence-electron chi connectivity index (χ0n) is 6.84. The molecule has 0 unspecified atom stereocenters. The van der Waals surface area contributed by atoms with Crippen molar-refractivity contribution < 1.29 is 4.42 Å². The first kappa shape index (κ1) is 7.09. The maximum absolute atomic E-state index is 10.8. The van der Waals surface area contributed by atoms with Crippen molar-refractivity contribution in [3.05, 3.63) is 27.9 Å². The fraction of sp³-hybridized carbons (Fsp3) is 0.250. The molecule has 62 valence electrons. The molecule has 0 aromatic carbocycles. The quantitative estimate of drug-likeness (QED) is 0.635. The van der Waals surface area contributed by atoms with E-state index in [1.807, 2.05) is 13.8 Å². The Morgan fingerprint density at radius 2 is 2.25 bits per heavy atom. The number of nitrogens with one attached hydrogen (secondary N) is 1. The van der Waals surface area contributed by atoms with E-state index >= 15 is 0 Å². The Balaban J connectivity index is 2.99. The van der Waals surface area contributed by atoms with Crippen LogP contribution in [-0.2, 0) is 0 Å². The Hall–Kier alpha value is -1.58. The second kappa shape index (κ2) is 2.20. The lowest BCUT2D eigenvalue weighted by atomic mass is 10.2. The Morgan fingerprint density at radius 1 is 1.50 bits per heavy atom. The van der Waals surface area contributed by atoms with Crippen LogP contribution < -0.4 is 5.76 Å². The molecule has 0 aliphatic heterocycles. The first-order valence-corrected chi connectivity index (χ1v) is 3.63. The topological polar surface area (TPSA) is 58.9 Å². The highest BCUT2D eigenvalue weighted by atomic mass is 16.4. The fourth-order valence-corrected chi connectivity index (χ4v) is 1.10. The Bertz CT molecular complexity index is 481. The number of fused-ring (bicyclic) bond motifs is 1. The van der Waals surface area contributed by atoms with E-state index in [0.29, 0.717) is 11.2 Å². The van der Waals surface area contributed by atoms with Gasteiger partial charge in [0.2, 0.25) is 0 Å². The van der Waals surface area contributed by atoms with Gasteiger partial charge in [-0.2, -0.15) is 0 Å². The number of rotatable bonds is 0. The van der Waals surface area contributed by atoms with Crippen molar-refractivity contribution in [2.75, 3.05) is 0 Å². The predicted octanol–water partition coefficient (Wildman–Crippen LogP) is 1.13. The van der Waals surface area contributed by atoms with Gasteiger partial charge in [0, 0.05) is 11.8 Å². The van der Waals surface area contributed by atoms with Crippen LogP contribution in [0, 0.1) is 13.8 Å². The number of aromatic amines is 1. The van der Waals surface area contributed by atoms with Crippen LogP contribution >= 0.6 is 0 Å². The van der Waals surface area contributed by atoms with Crippen LogP contribution in [-0.4, -0.2) is 9.97 Å². The highest BCUT2D eigenvalue weighted by Crippen LogP contribution is 2.15. The summed E-state index contributed by atoms with van der Waals surface area (Å²) in [5.41, 5.74) is 3.05. The van der Waals surface area contributed by atoms with Gasteiger partial charge >= 0.3 is 5.76 Å². The van der Waals surface area contributed by atoms with Crippen LogP contribution in [0.1, 0.15) is 11.1 Å². The molecule has 0 aliphatic rings. The van der Waals surface area contributed by atoms with Crippen LogP contribution in [0.5, 0.6) is 0 Å². The van der Waals surface area contributed by atoms with E-state index in [2.05, 4.69) is 9.97 Å².